The molecule has 0 amide bonds. The van der Waals surface area contributed by atoms with Gasteiger partial charge >= 0.3 is 0 Å². The van der Waals surface area contributed by atoms with Crippen molar-refractivity contribution in [2.24, 2.45) is 5.73 Å². The molecule has 0 spiro atoms. The van der Waals surface area contributed by atoms with Crippen molar-refractivity contribution in [1.82, 2.24) is 0 Å². The second-order valence-electron chi connectivity index (χ2n) is 3.59. The van der Waals surface area contributed by atoms with Crippen LogP contribution in [0.25, 0.3) is 0 Å². The van der Waals surface area contributed by atoms with E-state index in [1.807, 2.05) is 0 Å². The topological polar surface area (TPSA) is 63.3 Å². The second kappa shape index (κ2) is 4.17. The van der Waals surface area contributed by atoms with Crippen molar-refractivity contribution < 1.29 is 18.1 Å². The highest BCUT2D eigenvalue weighted by molar-refractivity contribution is 6.31. The summed E-state index contributed by atoms with van der Waals surface area (Å²) >= 11 is 5.95. The number of aliphatic hydroxyl groups excluding tert-OH is 1. The predicted molar refractivity (Wildman–Crippen MR) is 62.2 cm³/mol. The Kier molecular flexibility index (Phi) is 1.60. The minimum atomic E-state index is -2.45. The Morgan fingerprint density at radius 3 is 3.06 bits per heavy atom. The molecule has 1 aliphatic carbocycles. The maximum atomic E-state index is 12.3. The number of nitrogens with two attached hydrogens (primary N) is 1. The lowest BCUT2D eigenvalue weighted by Gasteiger charge is -2.35. The van der Waals surface area contributed by atoms with Crippen LogP contribution in [0.2, 0.25) is 5.02 Å². The Morgan fingerprint density at radius 1 is 1.62 bits per heavy atom. The van der Waals surface area contributed by atoms with Crippen LogP contribution in [-0.2, 0) is 10.3 Å². The lowest BCUT2D eigenvalue weighted by molar-refractivity contribution is -0.136. The summed E-state index contributed by atoms with van der Waals surface area (Å²) < 4.78 is 46.9. The average molecular weight is 246 g/mol. The molecule has 0 saturated heterocycles. The van der Waals surface area contributed by atoms with Gasteiger partial charge in [-0.25, -0.2) is 0 Å². The first-order chi connectivity index (χ1) is 9.96. The highest BCUT2D eigenvalue weighted by Crippen LogP contribution is 2.35. The summed E-state index contributed by atoms with van der Waals surface area (Å²) in [6, 6.07) is -2.56. The zero-order valence-electron chi connectivity index (χ0n) is 14.3. The summed E-state index contributed by atoms with van der Waals surface area (Å²) in [5.74, 6) is -1.05. The number of aliphatic hydroxyl groups is 1. The van der Waals surface area contributed by atoms with Gasteiger partial charge in [-0.15, -0.1) is 0 Å². The number of carbonyl (C=O) groups excluding carboxylic acids is 1. The Hall–Kier alpha value is -0.900. The smallest absolute Gasteiger partial charge is 0.185 e. The molecule has 4 heteroatoms. The number of hydrogen-bond donors (Lipinski definition) is 2. The quantitative estimate of drug-likeness (QED) is 0.790. The van der Waals surface area contributed by atoms with Gasteiger partial charge in [0.1, 0.15) is 11.6 Å². The van der Waals surface area contributed by atoms with E-state index in [2.05, 4.69) is 0 Å². The maximum absolute atomic E-state index is 12.3. The summed E-state index contributed by atoms with van der Waals surface area (Å²) in [5, 5.41) is 9.24. The van der Waals surface area contributed by atoms with Crippen LogP contribution in [0.1, 0.15) is 33.0 Å². The molecule has 2 unspecified atom stereocenters. The molecule has 0 aromatic heterocycles. The fraction of sp³-hybridized carbons (Fsp3) is 0.417. The van der Waals surface area contributed by atoms with E-state index in [0.29, 0.717) is 0 Å². The summed E-state index contributed by atoms with van der Waals surface area (Å²) in [6.07, 6.45) is -4.18. The van der Waals surface area contributed by atoms with E-state index in [9.17, 15) is 9.90 Å². The zero-order valence-corrected chi connectivity index (χ0v) is 9.06. The SMILES string of the molecule is [2H]c1c([2H])c([2H])c(C2(N)C(=O)C(O)CCC2([2H])[2H])c(Cl)c1[2H]. The normalized spacial score (nSPS) is 38.9. The number of halogens is 1. The van der Waals surface area contributed by atoms with Gasteiger partial charge in [0, 0.05) is 7.76 Å². The number of ketones is 1. The third-order valence-electron chi connectivity index (χ3n) is 2.55. The van der Waals surface area contributed by atoms with Crippen molar-refractivity contribution in [1.29, 1.82) is 0 Å². The van der Waals surface area contributed by atoms with Gasteiger partial charge in [0.05, 0.1) is 5.48 Å². The van der Waals surface area contributed by atoms with Gasteiger partial charge in [0.15, 0.2) is 5.78 Å². The average Bonchev–Trinajstić information content (AvgIpc) is 2.46. The minimum Gasteiger partial charge on any atom is -0.385 e. The third kappa shape index (κ3) is 1.75. The Labute approximate surface area is 108 Å². The largest absolute Gasteiger partial charge is 0.385 e. The van der Waals surface area contributed by atoms with E-state index >= 15 is 0 Å². The van der Waals surface area contributed by atoms with Gasteiger partial charge in [-0.05, 0) is 30.8 Å². The van der Waals surface area contributed by atoms with Crippen molar-refractivity contribution in [3.8, 4) is 0 Å². The minimum absolute atomic E-state index is 0.117. The van der Waals surface area contributed by atoms with E-state index < -0.39 is 58.6 Å². The molecule has 1 aliphatic rings. The number of benzene rings is 1. The molecule has 3 N–H and O–H groups in total. The molecule has 0 aliphatic heterocycles. The molecule has 16 heavy (non-hydrogen) atoms. The predicted octanol–water partition coefficient (Wildman–Crippen LogP) is 1.61. The van der Waals surface area contributed by atoms with Gasteiger partial charge in [0.25, 0.3) is 0 Å². The molecule has 0 radical (unpaired) electrons. The maximum Gasteiger partial charge on any atom is 0.185 e. The molecule has 1 aromatic carbocycles. The zero-order chi connectivity index (χ0) is 17.0. The van der Waals surface area contributed by atoms with E-state index in [0.717, 1.165) is 0 Å². The second-order valence-corrected chi connectivity index (χ2v) is 3.97. The summed E-state index contributed by atoms with van der Waals surface area (Å²) in [5.41, 5.74) is 3.00. The fourth-order valence-electron chi connectivity index (χ4n) is 1.67. The first-order valence-electron chi connectivity index (χ1n) is 7.74. The van der Waals surface area contributed by atoms with E-state index in [4.69, 9.17) is 25.6 Å². The van der Waals surface area contributed by atoms with E-state index in [1.54, 1.807) is 0 Å². The Balaban J connectivity index is 2.86. The van der Waals surface area contributed by atoms with Crippen LogP contribution in [0, 0.1) is 0 Å². The van der Waals surface area contributed by atoms with Gasteiger partial charge in [-0.1, -0.05) is 29.7 Å². The van der Waals surface area contributed by atoms with Crippen LogP contribution >= 0.6 is 11.6 Å². The first kappa shape index (κ1) is 6.15. The van der Waals surface area contributed by atoms with Crippen LogP contribution in [0.15, 0.2) is 24.2 Å². The van der Waals surface area contributed by atoms with Crippen LogP contribution in [0.3, 0.4) is 0 Å². The van der Waals surface area contributed by atoms with Crippen molar-refractivity contribution in [2.75, 3.05) is 0 Å². The molecule has 1 fully saturated rings. The summed E-state index contributed by atoms with van der Waals surface area (Å²) in [4.78, 5) is 12.3. The molecule has 86 valence electrons. The van der Waals surface area contributed by atoms with Crippen LogP contribution in [0.5, 0.6) is 0 Å². The van der Waals surface area contributed by atoms with Gasteiger partial charge < -0.3 is 10.8 Å². The standard InChI is InChI=1S/C12H14ClNO2/c13-9-5-2-1-4-8(9)12(14)7-3-6-10(15)11(12)16/h1-2,4-5,10,15H,3,6-7,14H2/i1D,2D,4D,5D,7D2. The molecule has 0 bridgehead atoms. The number of Topliss-reactive ketones (excluding diaryl/α,β-unsaturated/α-hetero) is 1. The van der Waals surface area contributed by atoms with E-state index in [1.165, 1.54) is 0 Å². The van der Waals surface area contributed by atoms with Crippen LogP contribution in [-0.4, -0.2) is 17.0 Å². The van der Waals surface area contributed by atoms with Gasteiger partial charge in [-0.2, -0.15) is 0 Å². The Bertz CT molecular complexity index is 639. The first-order valence-corrected chi connectivity index (χ1v) is 5.12. The lowest BCUT2D eigenvalue weighted by Crippen LogP contribution is -2.52. The number of carbonyl (C=O) groups is 1. The van der Waals surface area contributed by atoms with E-state index in [-0.39, 0.29) is 12.8 Å². The molecular weight excluding hydrogens is 226 g/mol. The van der Waals surface area contributed by atoms with Crippen LogP contribution < -0.4 is 5.73 Å². The molecular formula is C12H14ClNO2. The summed E-state index contributed by atoms with van der Waals surface area (Å²) in [6.45, 7) is 0. The molecule has 2 rings (SSSR count). The molecule has 3 nitrogen and oxygen atoms in total. The molecule has 0 heterocycles. The van der Waals surface area contributed by atoms with Crippen molar-refractivity contribution >= 4 is 17.4 Å². The molecule has 2 atom stereocenters. The van der Waals surface area contributed by atoms with Crippen molar-refractivity contribution in [3.63, 3.8) is 0 Å². The monoisotopic (exact) mass is 245 g/mol. The third-order valence-corrected chi connectivity index (χ3v) is 2.83. The number of hydrogen-bond acceptors (Lipinski definition) is 3. The highest BCUT2D eigenvalue weighted by Gasteiger charge is 2.43. The van der Waals surface area contributed by atoms with Crippen LogP contribution in [0.4, 0.5) is 0 Å². The molecule has 1 saturated carbocycles. The highest BCUT2D eigenvalue weighted by atomic mass is 35.5. The fourth-order valence-corrected chi connectivity index (χ4v) is 1.91. The lowest BCUT2D eigenvalue weighted by atomic mass is 9.75. The number of rotatable bonds is 1. The van der Waals surface area contributed by atoms with Gasteiger partial charge in [0.2, 0.25) is 0 Å². The summed E-state index contributed by atoms with van der Waals surface area (Å²) in [7, 11) is 0. The van der Waals surface area contributed by atoms with Gasteiger partial charge in [-0.3, -0.25) is 4.79 Å². The Morgan fingerprint density at radius 2 is 2.31 bits per heavy atom. The molecule has 1 aromatic rings. The van der Waals surface area contributed by atoms with Crippen molar-refractivity contribution in [3.05, 3.63) is 34.8 Å². The van der Waals surface area contributed by atoms with Crippen molar-refractivity contribution in [2.45, 2.75) is 30.9 Å².